The van der Waals surface area contributed by atoms with Gasteiger partial charge in [-0.3, -0.25) is 14.3 Å². The highest BCUT2D eigenvalue weighted by Crippen LogP contribution is 2.39. The van der Waals surface area contributed by atoms with Crippen molar-refractivity contribution in [3.63, 3.8) is 0 Å². The Morgan fingerprint density at radius 3 is 2.49 bits per heavy atom. The van der Waals surface area contributed by atoms with Crippen LogP contribution in [-0.2, 0) is 21.4 Å². The van der Waals surface area contributed by atoms with E-state index in [9.17, 15) is 18.0 Å². The van der Waals surface area contributed by atoms with Gasteiger partial charge < -0.3 is 14.2 Å². The highest BCUT2D eigenvalue weighted by Gasteiger charge is 2.38. The van der Waals surface area contributed by atoms with Crippen LogP contribution in [-0.4, -0.2) is 43.5 Å². The average Bonchev–Trinajstić information content (AvgIpc) is 2.85. The Morgan fingerprint density at radius 1 is 1.00 bits per heavy atom. The second kappa shape index (κ2) is 9.22. The lowest BCUT2D eigenvalue weighted by molar-refractivity contribution is -0.136. The van der Waals surface area contributed by atoms with Gasteiger partial charge in [0.15, 0.2) is 6.61 Å². The van der Waals surface area contributed by atoms with Crippen LogP contribution in [0.15, 0.2) is 76.4 Å². The van der Waals surface area contributed by atoms with Crippen LogP contribution in [0.4, 0.5) is 5.69 Å². The molecule has 3 heterocycles. The van der Waals surface area contributed by atoms with Gasteiger partial charge in [-0.2, -0.15) is 0 Å². The number of sulfonamides is 1. The van der Waals surface area contributed by atoms with Crippen molar-refractivity contribution >= 4 is 21.6 Å². The molecule has 35 heavy (non-hydrogen) atoms. The van der Waals surface area contributed by atoms with E-state index >= 15 is 0 Å². The van der Waals surface area contributed by atoms with Crippen molar-refractivity contribution in [2.45, 2.75) is 30.7 Å². The minimum absolute atomic E-state index is 0.0715. The van der Waals surface area contributed by atoms with E-state index in [1.54, 1.807) is 45.9 Å². The number of rotatable bonds is 6. The molecule has 1 N–H and O–H groups in total. The predicted molar refractivity (Wildman–Crippen MR) is 132 cm³/mol. The molecule has 3 aromatic rings. The van der Waals surface area contributed by atoms with E-state index < -0.39 is 10.0 Å². The number of benzene rings is 2. The standard InChI is InChI=1S/C26H27N3O5S/c1-18-7-9-22(10-8-18)35(32,33)27-23-11-12-24(30)29-15-19-13-20(26(23)29)16-28(14-19)25(31)17-34-21-5-3-2-4-6-21/h2-12,19-20,27H,13-17H2,1H3. The SMILES string of the molecule is Cc1ccc(S(=O)(=O)Nc2ccc(=O)n3c2C2CC(CN(C(=O)COc4ccccc4)C2)C3)cc1. The van der Waals surface area contributed by atoms with Crippen molar-refractivity contribution in [3.05, 3.63) is 88.3 Å². The Kier molecular flexibility index (Phi) is 6.10. The minimum atomic E-state index is -3.84. The van der Waals surface area contributed by atoms with Crippen LogP contribution in [0.25, 0.3) is 0 Å². The molecule has 2 aromatic carbocycles. The monoisotopic (exact) mass is 493 g/mol. The second-order valence-electron chi connectivity index (χ2n) is 9.20. The number of amides is 1. The number of aromatic nitrogens is 1. The quantitative estimate of drug-likeness (QED) is 0.569. The summed E-state index contributed by atoms with van der Waals surface area (Å²) < 4.78 is 36.1. The first-order valence-corrected chi connectivity index (χ1v) is 13.1. The van der Waals surface area contributed by atoms with Crippen molar-refractivity contribution in [3.8, 4) is 5.75 Å². The van der Waals surface area contributed by atoms with E-state index in [1.807, 2.05) is 25.1 Å². The normalized spacial score (nSPS) is 19.1. The zero-order valence-electron chi connectivity index (χ0n) is 19.4. The van der Waals surface area contributed by atoms with Crippen molar-refractivity contribution in [1.82, 2.24) is 9.47 Å². The van der Waals surface area contributed by atoms with Crippen LogP contribution in [0.3, 0.4) is 0 Å². The maximum atomic E-state index is 13.1. The Balaban J connectivity index is 1.39. The number of hydrogen-bond acceptors (Lipinski definition) is 5. The number of carbonyl (C=O) groups excluding carboxylic acids is 1. The van der Waals surface area contributed by atoms with Crippen LogP contribution in [0, 0.1) is 12.8 Å². The van der Waals surface area contributed by atoms with Crippen LogP contribution >= 0.6 is 0 Å². The Bertz CT molecular complexity index is 1400. The zero-order valence-corrected chi connectivity index (χ0v) is 20.2. The molecule has 0 radical (unpaired) electrons. The van der Waals surface area contributed by atoms with Crippen molar-refractivity contribution in [2.75, 3.05) is 24.4 Å². The van der Waals surface area contributed by atoms with Gasteiger partial charge in [0.25, 0.3) is 21.5 Å². The molecule has 0 saturated carbocycles. The van der Waals surface area contributed by atoms with E-state index in [4.69, 9.17) is 4.74 Å². The van der Waals surface area contributed by atoms with Gasteiger partial charge in [0.2, 0.25) is 0 Å². The van der Waals surface area contributed by atoms with E-state index in [0.29, 0.717) is 36.8 Å². The summed E-state index contributed by atoms with van der Waals surface area (Å²) in [5.74, 6) is 0.455. The number of piperidine rings is 1. The number of aryl methyl sites for hydroxylation is 1. The minimum Gasteiger partial charge on any atom is -0.484 e. The lowest BCUT2D eigenvalue weighted by Crippen LogP contribution is -2.50. The summed E-state index contributed by atoms with van der Waals surface area (Å²) in [5, 5.41) is 0. The molecule has 1 fully saturated rings. The molecule has 0 aliphatic carbocycles. The first-order chi connectivity index (χ1) is 16.8. The molecule has 5 rings (SSSR count). The largest absolute Gasteiger partial charge is 0.484 e. The van der Waals surface area contributed by atoms with Crippen molar-refractivity contribution < 1.29 is 17.9 Å². The molecule has 2 atom stereocenters. The molecule has 2 aliphatic rings. The number of carbonyl (C=O) groups is 1. The molecular formula is C26H27N3O5S. The lowest BCUT2D eigenvalue weighted by Gasteiger charge is -2.43. The fourth-order valence-corrected chi connectivity index (χ4v) is 6.05. The number of pyridine rings is 1. The number of anilines is 1. The first kappa shape index (κ1) is 23.2. The zero-order chi connectivity index (χ0) is 24.6. The van der Waals surface area contributed by atoms with Crippen LogP contribution in [0.5, 0.6) is 5.75 Å². The molecule has 8 nitrogen and oxygen atoms in total. The molecule has 9 heteroatoms. The second-order valence-corrected chi connectivity index (χ2v) is 10.9. The van der Waals surface area contributed by atoms with Crippen LogP contribution < -0.4 is 15.0 Å². The maximum Gasteiger partial charge on any atom is 0.261 e. The highest BCUT2D eigenvalue weighted by molar-refractivity contribution is 7.92. The average molecular weight is 494 g/mol. The molecule has 2 bridgehead atoms. The molecule has 1 saturated heterocycles. The Hall–Kier alpha value is -3.59. The number of nitrogens with one attached hydrogen (secondary N) is 1. The van der Waals surface area contributed by atoms with E-state index in [2.05, 4.69) is 4.72 Å². The molecule has 1 amide bonds. The third kappa shape index (κ3) is 4.81. The predicted octanol–water partition coefficient (Wildman–Crippen LogP) is 2.98. The summed E-state index contributed by atoms with van der Waals surface area (Å²) >= 11 is 0. The third-order valence-corrected chi connectivity index (χ3v) is 8.01. The molecule has 182 valence electrons. The van der Waals surface area contributed by atoms with Gasteiger partial charge in [-0.15, -0.1) is 0 Å². The van der Waals surface area contributed by atoms with Crippen LogP contribution in [0.1, 0.15) is 23.6 Å². The smallest absolute Gasteiger partial charge is 0.261 e. The number of likely N-dealkylation sites (tertiary alicyclic amines) is 1. The first-order valence-electron chi connectivity index (χ1n) is 11.6. The molecule has 2 unspecified atom stereocenters. The summed E-state index contributed by atoms with van der Waals surface area (Å²) in [7, 11) is -3.84. The molecule has 1 aromatic heterocycles. The number of hydrogen-bond donors (Lipinski definition) is 1. The van der Waals surface area contributed by atoms with Gasteiger partial charge in [-0.1, -0.05) is 35.9 Å². The summed E-state index contributed by atoms with van der Waals surface area (Å²) in [4.78, 5) is 27.5. The van der Waals surface area contributed by atoms with Gasteiger partial charge >= 0.3 is 0 Å². The molecule has 2 aliphatic heterocycles. The Morgan fingerprint density at radius 2 is 1.74 bits per heavy atom. The van der Waals surface area contributed by atoms with E-state index in [1.165, 1.54) is 12.1 Å². The van der Waals surface area contributed by atoms with E-state index in [-0.39, 0.29) is 34.8 Å². The van der Waals surface area contributed by atoms with E-state index in [0.717, 1.165) is 12.0 Å². The summed E-state index contributed by atoms with van der Waals surface area (Å²) in [5.41, 5.74) is 1.80. The summed E-state index contributed by atoms with van der Waals surface area (Å²) in [6.07, 6.45) is 0.784. The van der Waals surface area contributed by atoms with Crippen molar-refractivity contribution in [2.24, 2.45) is 5.92 Å². The fraction of sp³-hybridized carbons (Fsp3) is 0.308. The number of fused-ring (bicyclic) bond motifs is 4. The van der Waals surface area contributed by atoms with Gasteiger partial charge in [0.1, 0.15) is 5.75 Å². The topological polar surface area (TPSA) is 97.7 Å². The Labute approximate surface area is 204 Å². The van der Waals surface area contributed by atoms with Crippen molar-refractivity contribution in [1.29, 1.82) is 0 Å². The molecular weight excluding hydrogens is 466 g/mol. The third-order valence-electron chi connectivity index (χ3n) is 6.62. The number of para-hydroxylation sites is 1. The molecule has 0 spiro atoms. The van der Waals surface area contributed by atoms with Crippen LogP contribution in [0.2, 0.25) is 0 Å². The number of ether oxygens (including phenoxy) is 1. The highest BCUT2D eigenvalue weighted by atomic mass is 32.2. The van der Waals surface area contributed by atoms with Gasteiger partial charge in [0, 0.05) is 31.6 Å². The van der Waals surface area contributed by atoms with Gasteiger partial charge in [-0.05, 0) is 49.6 Å². The van der Waals surface area contributed by atoms with Gasteiger partial charge in [-0.25, -0.2) is 8.42 Å². The summed E-state index contributed by atoms with van der Waals surface area (Å²) in [6.45, 7) is 3.20. The lowest BCUT2D eigenvalue weighted by atomic mass is 9.82. The number of nitrogens with zero attached hydrogens (tertiary/aromatic N) is 2. The fourth-order valence-electron chi connectivity index (χ4n) is 4.98. The maximum absolute atomic E-state index is 13.1. The summed E-state index contributed by atoms with van der Waals surface area (Å²) in [6, 6.07) is 18.7. The van der Waals surface area contributed by atoms with Gasteiger partial charge in [0.05, 0.1) is 16.3 Å².